The van der Waals surface area contributed by atoms with E-state index in [0.29, 0.717) is 0 Å². The van der Waals surface area contributed by atoms with E-state index in [9.17, 15) is 4.79 Å². The van der Waals surface area contributed by atoms with Gasteiger partial charge in [-0.2, -0.15) is 0 Å². The number of rotatable bonds is 5. The summed E-state index contributed by atoms with van der Waals surface area (Å²) in [5.74, 6) is -0.0906. The van der Waals surface area contributed by atoms with Crippen molar-refractivity contribution in [2.24, 2.45) is 0 Å². The molecule has 1 aromatic rings. The maximum Gasteiger partial charge on any atom is 0.260 e. The summed E-state index contributed by atoms with van der Waals surface area (Å²) in [6.45, 7) is 10.9. The van der Waals surface area contributed by atoms with Crippen molar-refractivity contribution in [1.82, 2.24) is 0 Å². The van der Waals surface area contributed by atoms with Gasteiger partial charge in [-0.3, -0.25) is 4.79 Å². The first-order valence-corrected chi connectivity index (χ1v) is 8.07. The first kappa shape index (κ1) is 20.4. The average molecular weight is 310 g/mol. The molecule has 1 aliphatic rings. The Morgan fingerprint density at radius 3 is 2.45 bits per heavy atom. The van der Waals surface area contributed by atoms with Crippen LogP contribution in [0, 0.1) is 0 Å². The molecule has 1 atom stereocenters. The monoisotopic (exact) mass is 310 g/mol. The molecule has 2 rings (SSSR count). The molecule has 1 aromatic carbocycles. The van der Waals surface area contributed by atoms with Crippen molar-refractivity contribution in [1.29, 1.82) is 0 Å². The van der Waals surface area contributed by atoms with Crippen LogP contribution in [0.25, 0.3) is 0 Å². The Balaban J connectivity index is 0.00000102. The van der Waals surface area contributed by atoms with E-state index in [-0.39, 0.29) is 19.1 Å². The van der Waals surface area contributed by atoms with Gasteiger partial charge in [0, 0.05) is 30.5 Å². The molecule has 2 N–H and O–H groups in total. The number of ether oxygens (including phenoxy) is 1. The van der Waals surface area contributed by atoms with E-state index in [0.717, 1.165) is 23.5 Å². The van der Waals surface area contributed by atoms with E-state index in [1.165, 1.54) is 0 Å². The standard InChI is InChI=1S/C13H18N2O3.2C2H6/c1-3-14-9-4-5-11-10(8-9)12(18-7-6-16)13(17)15(11)2;2*1-2/h4-5,8,12,14,16H,3,6-7H2,1-2H3;2*1-2H3. The number of nitrogens with one attached hydrogen (secondary N) is 1. The SMILES string of the molecule is CC.CC.CCNc1ccc2c(c1)C(OCCO)C(=O)N2C. The molecule has 0 spiro atoms. The summed E-state index contributed by atoms with van der Waals surface area (Å²) in [5, 5.41) is 12.0. The number of nitrogens with zero attached hydrogens (tertiary/aromatic N) is 1. The number of hydrogen-bond donors (Lipinski definition) is 2. The van der Waals surface area contributed by atoms with E-state index < -0.39 is 6.10 Å². The summed E-state index contributed by atoms with van der Waals surface area (Å²) in [7, 11) is 1.73. The van der Waals surface area contributed by atoms with Gasteiger partial charge in [0.1, 0.15) is 0 Å². The normalized spacial score (nSPS) is 15.3. The minimum Gasteiger partial charge on any atom is -0.394 e. The highest BCUT2D eigenvalue weighted by molar-refractivity contribution is 6.04. The van der Waals surface area contributed by atoms with Gasteiger partial charge in [0.15, 0.2) is 6.10 Å². The van der Waals surface area contributed by atoms with Crippen LogP contribution >= 0.6 is 0 Å². The topological polar surface area (TPSA) is 61.8 Å². The summed E-state index contributed by atoms with van der Waals surface area (Å²) in [6.07, 6.45) is -0.601. The third-order valence-corrected chi connectivity index (χ3v) is 2.98. The summed E-state index contributed by atoms with van der Waals surface area (Å²) < 4.78 is 5.43. The van der Waals surface area contributed by atoms with Gasteiger partial charge in [0.2, 0.25) is 0 Å². The molecule has 126 valence electrons. The van der Waals surface area contributed by atoms with Crippen LogP contribution < -0.4 is 10.2 Å². The number of likely N-dealkylation sites (N-methyl/N-ethyl adjacent to an activating group) is 1. The molecule has 0 saturated carbocycles. The van der Waals surface area contributed by atoms with E-state index >= 15 is 0 Å². The van der Waals surface area contributed by atoms with Crippen LogP contribution in [0.4, 0.5) is 11.4 Å². The zero-order chi connectivity index (χ0) is 17.1. The molecule has 0 fully saturated rings. The second-order valence-electron chi connectivity index (χ2n) is 4.18. The first-order chi connectivity index (χ1) is 10.7. The molecule has 1 heterocycles. The van der Waals surface area contributed by atoms with Crippen molar-refractivity contribution in [3.63, 3.8) is 0 Å². The molecule has 0 saturated heterocycles. The lowest BCUT2D eigenvalue weighted by Crippen LogP contribution is -2.25. The summed E-state index contributed by atoms with van der Waals surface area (Å²) in [6, 6.07) is 5.79. The van der Waals surface area contributed by atoms with Crippen LogP contribution in [-0.2, 0) is 9.53 Å². The fourth-order valence-electron chi connectivity index (χ4n) is 2.14. The first-order valence-electron chi connectivity index (χ1n) is 8.07. The Kier molecular flexibility index (Phi) is 10.2. The number of hydrogen-bond acceptors (Lipinski definition) is 4. The molecule has 0 aromatic heterocycles. The van der Waals surface area contributed by atoms with E-state index in [1.54, 1.807) is 11.9 Å². The quantitative estimate of drug-likeness (QED) is 0.877. The lowest BCUT2D eigenvalue weighted by atomic mass is 10.1. The highest BCUT2D eigenvalue weighted by atomic mass is 16.5. The smallest absolute Gasteiger partial charge is 0.260 e. The van der Waals surface area contributed by atoms with Crippen LogP contribution in [0.5, 0.6) is 0 Å². The Hall–Kier alpha value is -1.59. The van der Waals surface area contributed by atoms with Crippen molar-refractivity contribution in [2.45, 2.75) is 40.7 Å². The molecule has 1 amide bonds. The van der Waals surface area contributed by atoms with Gasteiger partial charge >= 0.3 is 0 Å². The lowest BCUT2D eigenvalue weighted by molar-refractivity contribution is -0.129. The fourth-order valence-corrected chi connectivity index (χ4v) is 2.14. The van der Waals surface area contributed by atoms with Crippen LogP contribution in [0.1, 0.15) is 46.3 Å². The van der Waals surface area contributed by atoms with Crippen molar-refractivity contribution in [3.05, 3.63) is 23.8 Å². The predicted molar refractivity (Wildman–Crippen MR) is 92.5 cm³/mol. The van der Waals surface area contributed by atoms with Crippen molar-refractivity contribution in [3.8, 4) is 0 Å². The van der Waals surface area contributed by atoms with E-state index in [4.69, 9.17) is 9.84 Å². The van der Waals surface area contributed by atoms with E-state index in [2.05, 4.69) is 5.32 Å². The summed E-state index contributed by atoms with van der Waals surface area (Å²) in [5.41, 5.74) is 2.69. The molecule has 0 radical (unpaired) electrons. The van der Waals surface area contributed by atoms with Crippen LogP contribution in [0.2, 0.25) is 0 Å². The number of aliphatic hydroxyl groups is 1. The Bertz CT molecular complexity index is 450. The van der Waals surface area contributed by atoms with Gasteiger partial charge in [-0.25, -0.2) is 0 Å². The van der Waals surface area contributed by atoms with Gasteiger partial charge in [-0.1, -0.05) is 27.7 Å². The van der Waals surface area contributed by atoms with Crippen LogP contribution in [0.3, 0.4) is 0 Å². The predicted octanol–water partition coefficient (Wildman–Crippen LogP) is 3.20. The number of anilines is 2. The molecule has 5 nitrogen and oxygen atoms in total. The van der Waals surface area contributed by atoms with Gasteiger partial charge in [0.25, 0.3) is 5.91 Å². The Labute approximate surface area is 134 Å². The minimum atomic E-state index is -0.601. The minimum absolute atomic E-state index is 0.0876. The highest BCUT2D eigenvalue weighted by Gasteiger charge is 2.35. The molecule has 5 heteroatoms. The van der Waals surface area contributed by atoms with Gasteiger partial charge < -0.3 is 20.1 Å². The number of carbonyl (C=O) groups is 1. The molecular formula is C17H30N2O3. The fraction of sp³-hybridized carbons (Fsp3) is 0.588. The summed E-state index contributed by atoms with van der Waals surface area (Å²) in [4.78, 5) is 13.6. The number of amides is 1. The van der Waals surface area contributed by atoms with Crippen molar-refractivity contribution < 1.29 is 14.6 Å². The zero-order valence-electron chi connectivity index (χ0n) is 14.6. The Morgan fingerprint density at radius 1 is 1.27 bits per heavy atom. The Morgan fingerprint density at radius 2 is 1.91 bits per heavy atom. The van der Waals surface area contributed by atoms with Crippen LogP contribution in [-0.4, -0.2) is 37.8 Å². The van der Waals surface area contributed by atoms with E-state index in [1.807, 2.05) is 52.8 Å². The number of benzene rings is 1. The van der Waals surface area contributed by atoms with Gasteiger partial charge in [-0.15, -0.1) is 0 Å². The number of carbonyl (C=O) groups excluding carboxylic acids is 1. The maximum absolute atomic E-state index is 12.0. The third kappa shape index (κ3) is 4.71. The summed E-state index contributed by atoms with van der Waals surface area (Å²) >= 11 is 0. The number of fused-ring (bicyclic) bond motifs is 1. The van der Waals surface area contributed by atoms with Gasteiger partial charge in [0.05, 0.1) is 13.2 Å². The zero-order valence-corrected chi connectivity index (χ0v) is 14.6. The molecule has 1 unspecified atom stereocenters. The maximum atomic E-state index is 12.0. The van der Waals surface area contributed by atoms with Crippen molar-refractivity contribution in [2.75, 3.05) is 37.0 Å². The second kappa shape index (κ2) is 11.0. The molecule has 0 aliphatic carbocycles. The largest absolute Gasteiger partial charge is 0.394 e. The van der Waals surface area contributed by atoms with Crippen LogP contribution in [0.15, 0.2) is 18.2 Å². The molecular weight excluding hydrogens is 280 g/mol. The highest BCUT2D eigenvalue weighted by Crippen LogP contribution is 2.38. The molecule has 0 bridgehead atoms. The third-order valence-electron chi connectivity index (χ3n) is 2.98. The molecule has 22 heavy (non-hydrogen) atoms. The van der Waals surface area contributed by atoms with Crippen molar-refractivity contribution >= 4 is 17.3 Å². The number of aliphatic hydroxyl groups excluding tert-OH is 1. The second-order valence-corrected chi connectivity index (χ2v) is 4.18. The van der Waals surface area contributed by atoms with Gasteiger partial charge in [-0.05, 0) is 25.1 Å². The molecule has 1 aliphatic heterocycles. The lowest BCUT2D eigenvalue weighted by Gasteiger charge is -2.11. The average Bonchev–Trinajstić information content (AvgIpc) is 2.81.